The second-order valence-electron chi connectivity index (χ2n) is 5.34. The lowest BCUT2D eigenvalue weighted by molar-refractivity contribution is -0.141. The lowest BCUT2D eigenvalue weighted by Gasteiger charge is -2.23. The molecule has 0 amide bonds. The van der Waals surface area contributed by atoms with Crippen molar-refractivity contribution in [2.24, 2.45) is 5.92 Å². The molecular weight excluding hydrogens is 281 g/mol. The molecule has 4 nitrogen and oxygen atoms in total. The van der Waals surface area contributed by atoms with Crippen LogP contribution in [0.15, 0.2) is 6.07 Å². The van der Waals surface area contributed by atoms with Crippen LogP contribution < -0.4 is 10.2 Å². The highest BCUT2D eigenvalue weighted by atomic mass is 19.4. The van der Waals surface area contributed by atoms with Gasteiger partial charge in [0.15, 0.2) is 5.69 Å². The molecule has 0 atom stereocenters. The van der Waals surface area contributed by atoms with Gasteiger partial charge in [-0.25, -0.2) is 4.98 Å². The Hall–Kier alpha value is -1.53. The van der Waals surface area contributed by atoms with E-state index in [4.69, 9.17) is 0 Å². The molecule has 7 heteroatoms. The van der Waals surface area contributed by atoms with Gasteiger partial charge in [0.25, 0.3) is 0 Å². The van der Waals surface area contributed by atoms with Crippen molar-refractivity contribution in [2.45, 2.75) is 39.3 Å². The zero-order chi connectivity index (χ0) is 15.5. The first-order chi connectivity index (χ1) is 9.94. The van der Waals surface area contributed by atoms with Crippen LogP contribution in [0.25, 0.3) is 0 Å². The molecule has 1 aromatic rings. The lowest BCUT2D eigenvalue weighted by atomic mass is 10.3. The highest BCUT2D eigenvalue weighted by Crippen LogP contribution is 2.33. The van der Waals surface area contributed by atoms with Crippen LogP contribution in [0.4, 0.5) is 24.9 Å². The number of alkyl halides is 3. The summed E-state index contributed by atoms with van der Waals surface area (Å²) >= 11 is 0. The standard InChI is InChI=1S/C14H21F3N4/c1-3-7-18-13-19-11(14(15,16)17)8-12(20-13)21(4-2)9-10-5-6-10/h8,10H,3-7,9H2,1-2H3,(H,18,19,20). The molecule has 0 saturated heterocycles. The SMILES string of the molecule is CCCNc1nc(N(CC)CC2CC2)cc(C(F)(F)F)n1. The van der Waals surface area contributed by atoms with Crippen molar-refractivity contribution in [1.82, 2.24) is 9.97 Å². The molecule has 2 rings (SSSR count). The normalized spacial score (nSPS) is 15.1. The number of halogens is 3. The summed E-state index contributed by atoms with van der Waals surface area (Å²) in [4.78, 5) is 9.71. The third-order valence-electron chi connectivity index (χ3n) is 3.42. The van der Waals surface area contributed by atoms with Crippen molar-refractivity contribution in [3.63, 3.8) is 0 Å². The maximum atomic E-state index is 13.0. The summed E-state index contributed by atoms with van der Waals surface area (Å²) in [7, 11) is 0. The van der Waals surface area contributed by atoms with E-state index in [0.29, 0.717) is 24.8 Å². The molecule has 1 fully saturated rings. The number of anilines is 2. The Kier molecular flexibility index (Phi) is 4.90. The van der Waals surface area contributed by atoms with Gasteiger partial charge in [-0.2, -0.15) is 18.2 Å². The zero-order valence-corrected chi connectivity index (χ0v) is 12.4. The van der Waals surface area contributed by atoms with Gasteiger partial charge in [0.1, 0.15) is 5.82 Å². The maximum Gasteiger partial charge on any atom is 0.433 e. The smallest absolute Gasteiger partial charge is 0.356 e. The molecular formula is C14H21F3N4. The van der Waals surface area contributed by atoms with Crippen LogP contribution in [0.5, 0.6) is 0 Å². The van der Waals surface area contributed by atoms with Crippen molar-refractivity contribution >= 4 is 11.8 Å². The van der Waals surface area contributed by atoms with E-state index in [9.17, 15) is 13.2 Å². The van der Waals surface area contributed by atoms with Crippen molar-refractivity contribution in [1.29, 1.82) is 0 Å². The number of hydrogen-bond donors (Lipinski definition) is 1. The monoisotopic (exact) mass is 302 g/mol. The molecule has 0 aromatic carbocycles. The average molecular weight is 302 g/mol. The fourth-order valence-corrected chi connectivity index (χ4v) is 2.05. The Morgan fingerprint density at radius 3 is 2.52 bits per heavy atom. The van der Waals surface area contributed by atoms with E-state index in [1.54, 1.807) is 0 Å². The molecule has 1 saturated carbocycles. The minimum atomic E-state index is -4.46. The summed E-state index contributed by atoms with van der Waals surface area (Å²) in [5.74, 6) is 0.988. The molecule has 118 valence electrons. The van der Waals surface area contributed by atoms with Gasteiger partial charge in [0, 0.05) is 25.7 Å². The highest BCUT2D eigenvalue weighted by molar-refractivity contribution is 5.45. The predicted molar refractivity (Wildman–Crippen MR) is 76.4 cm³/mol. The second kappa shape index (κ2) is 6.49. The average Bonchev–Trinajstić information content (AvgIpc) is 3.25. The fraction of sp³-hybridized carbons (Fsp3) is 0.714. The molecule has 1 heterocycles. The van der Waals surface area contributed by atoms with E-state index in [-0.39, 0.29) is 5.95 Å². The lowest BCUT2D eigenvalue weighted by Crippen LogP contribution is -2.27. The third kappa shape index (κ3) is 4.47. The number of aromatic nitrogens is 2. The van der Waals surface area contributed by atoms with Gasteiger partial charge < -0.3 is 10.2 Å². The molecule has 1 aliphatic rings. The number of hydrogen-bond acceptors (Lipinski definition) is 4. The summed E-state index contributed by atoms with van der Waals surface area (Å²) in [6, 6.07) is 1.04. The van der Waals surface area contributed by atoms with Crippen molar-refractivity contribution in [2.75, 3.05) is 29.9 Å². The Morgan fingerprint density at radius 2 is 2.00 bits per heavy atom. The number of rotatable bonds is 7. The number of nitrogens with one attached hydrogen (secondary N) is 1. The fourth-order valence-electron chi connectivity index (χ4n) is 2.05. The number of nitrogens with zero attached hydrogens (tertiary/aromatic N) is 3. The molecule has 0 bridgehead atoms. The molecule has 0 aliphatic heterocycles. The predicted octanol–water partition coefficient (Wildman–Crippen LogP) is 3.55. The van der Waals surface area contributed by atoms with Crippen molar-refractivity contribution in [3.05, 3.63) is 11.8 Å². The molecule has 0 radical (unpaired) electrons. The van der Waals surface area contributed by atoms with E-state index in [1.165, 1.54) is 0 Å². The van der Waals surface area contributed by atoms with E-state index in [1.807, 2.05) is 18.7 Å². The van der Waals surface area contributed by atoms with Gasteiger partial charge in [-0.1, -0.05) is 6.92 Å². The zero-order valence-electron chi connectivity index (χ0n) is 12.4. The Labute approximate surface area is 122 Å². The van der Waals surface area contributed by atoms with Gasteiger partial charge in [-0.05, 0) is 32.1 Å². The van der Waals surface area contributed by atoms with E-state index < -0.39 is 11.9 Å². The van der Waals surface area contributed by atoms with Gasteiger partial charge in [0.2, 0.25) is 5.95 Å². The summed E-state index contributed by atoms with van der Waals surface area (Å²) in [6.45, 7) is 5.81. The third-order valence-corrected chi connectivity index (χ3v) is 3.42. The van der Waals surface area contributed by atoms with Crippen LogP contribution in [-0.4, -0.2) is 29.6 Å². The van der Waals surface area contributed by atoms with E-state index in [2.05, 4.69) is 15.3 Å². The van der Waals surface area contributed by atoms with Crippen molar-refractivity contribution in [3.8, 4) is 0 Å². The van der Waals surface area contributed by atoms with Gasteiger partial charge >= 0.3 is 6.18 Å². The molecule has 1 aromatic heterocycles. The van der Waals surface area contributed by atoms with Crippen LogP contribution >= 0.6 is 0 Å². The molecule has 21 heavy (non-hydrogen) atoms. The minimum absolute atomic E-state index is 0.0518. The van der Waals surface area contributed by atoms with Gasteiger partial charge in [-0.3, -0.25) is 0 Å². The topological polar surface area (TPSA) is 41.1 Å². The van der Waals surface area contributed by atoms with Crippen LogP contribution in [-0.2, 0) is 6.18 Å². The maximum absolute atomic E-state index is 13.0. The first-order valence-electron chi connectivity index (χ1n) is 7.39. The van der Waals surface area contributed by atoms with Crippen LogP contribution in [0, 0.1) is 5.92 Å². The van der Waals surface area contributed by atoms with Gasteiger partial charge in [0.05, 0.1) is 0 Å². The van der Waals surface area contributed by atoms with Crippen LogP contribution in [0.2, 0.25) is 0 Å². The Bertz CT molecular complexity index is 472. The van der Waals surface area contributed by atoms with Gasteiger partial charge in [-0.15, -0.1) is 0 Å². The summed E-state index contributed by atoms with van der Waals surface area (Å²) in [5, 5.41) is 2.85. The summed E-state index contributed by atoms with van der Waals surface area (Å²) < 4.78 is 38.9. The highest BCUT2D eigenvalue weighted by Gasteiger charge is 2.34. The summed E-state index contributed by atoms with van der Waals surface area (Å²) in [6.07, 6.45) is -1.36. The Morgan fingerprint density at radius 1 is 1.29 bits per heavy atom. The molecule has 1 aliphatic carbocycles. The molecule has 1 N–H and O–H groups in total. The largest absolute Gasteiger partial charge is 0.433 e. The Balaban J connectivity index is 2.28. The molecule has 0 unspecified atom stereocenters. The van der Waals surface area contributed by atoms with Crippen LogP contribution in [0.1, 0.15) is 38.8 Å². The first-order valence-corrected chi connectivity index (χ1v) is 7.39. The summed E-state index contributed by atoms with van der Waals surface area (Å²) in [5.41, 5.74) is -0.889. The quantitative estimate of drug-likeness (QED) is 0.836. The molecule has 0 spiro atoms. The van der Waals surface area contributed by atoms with E-state index in [0.717, 1.165) is 31.9 Å². The first kappa shape index (κ1) is 15.9. The van der Waals surface area contributed by atoms with Crippen molar-refractivity contribution < 1.29 is 13.2 Å². The minimum Gasteiger partial charge on any atom is -0.356 e. The van der Waals surface area contributed by atoms with Crippen LogP contribution in [0.3, 0.4) is 0 Å². The second-order valence-corrected chi connectivity index (χ2v) is 5.34. The van der Waals surface area contributed by atoms with E-state index >= 15 is 0 Å².